The van der Waals surface area contributed by atoms with Gasteiger partial charge in [0.1, 0.15) is 17.2 Å². The van der Waals surface area contributed by atoms with Crippen molar-refractivity contribution >= 4 is 58.5 Å². The van der Waals surface area contributed by atoms with Gasteiger partial charge < -0.3 is 35.3 Å². The van der Waals surface area contributed by atoms with Crippen molar-refractivity contribution in [1.29, 1.82) is 0 Å². The number of nitrogens with one attached hydrogen (secondary N) is 1. The predicted octanol–water partition coefficient (Wildman–Crippen LogP) is 14.1. The van der Waals surface area contributed by atoms with E-state index in [1.807, 2.05) is 193 Å². The van der Waals surface area contributed by atoms with Crippen LogP contribution in [0, 0.1) is 20.8 Å². The minimum atomic E-state index is -0.302. The third-order valence-corrected chi connectivity index (χ3v) is 17.0. The van der Waals surface area contributed by atoms with E-state index in [1.54, 1.807) is 108 Å². The van der Waals surface area contributed by atoms with Gasteiger partial charge in [0.05, 0.1) is 63.5 Å². The summed E-state index contributed by atoms with van der Waals surface area (Å²) < 4.78 is 28.8. The molecule has 0 radical (unpaired) electrons. The molecule has 25 heteroatoms. The number of phenols is 2. The second-order valence-corrected chi connectivity index (χ2v) is 25.2. The van der Waals surface area contributed by atoms with E-state index in [1.165, 1.54) is 22.3 Å². The van der Waals surface area contributed by atoms with Gasteiger partial charge in [-0.25, -0.2) is 0 Å². The number of benzene rings is 5. The van der Waals surface area contributed by atoms with Gasteiger partial charge in [0.15, 0.2) is 0 Å². The molecule has 7 aromatic heterocycles. The molecule has 0 spiro atoms. The van der Waals surface area contributed by atoms with Crippen LogP contribution in [0.15, 0.2) is 216 Å². The number of anilines is 1. The maximum Gasteiger partial charge on any atom is 0.498 e. The van der Waals surface area contributed by atoms with Crippen molar-refractivity contribution in [2.75, 3.05) is 11.9 Å². The van der Waals surface area contributed by atoms with Gasteiger partial charge in [-0.05, 0) is 138 Å². The lowest BCUT2D eigenvalue weighted by molar-refractivity contribution is 0.00578. The van der Waals surface area contributed by atoms with Crippen molar-refractivity contribution in [2.24, 2.45) is 33.9 Å². The minimum Gasteiger partial charge on any atom is -0.508 e. The number of halogens is 3. The fraction of sp³-hybridized carbons (Fsp3) is 0.250. The van der Waals surface area contributed by atoms with Crippen molar-refractivity contribution in [1.82, 2.24) is 52.8 Å². The van der Waals surface area contributed by atoms with E-state index >= 15 is 0 Å². The summed E-state index contributed by atoms with van der Waals surface area (Å²) in [6, 6.07) is 39.9. The second-order valence-electron chi connectivity index (χ2n) is 24.4. The molecule has 1 aliphatic rings. The maximum atomic E-state index is 12.9. The van der Waals surface area contributed by atoms with Crippen LogP contribution in [0.1, 0.15) is 77.3 Å². The van der Waals surface area contributed by atoms with E-state index < -0.39 is 0 Å². The Morgan fingerprint density at radius 3 is 1.28 bits per heavy atom. The van der Waals surface area contributed by atoms with Gasteiger partial charge in [-0.2, -0.15) is 20.4 Å². The number of hydrogen-bond acceptors (Lipinski definition) is 14. The van der Waals surface area contributed by atoms with Gasteiger partial charge in [-0.15, -0.1) is 17.0 Å². The molecular formula is C76H89BBrCl2N13O8. The number of pyridine rings is 3. The van der Waals surface area contributed by atoms with Crippen molar-refractivity contribution in [2.45, 2.75) is 94.5 Å². The molecule has 13 rings (SSSR count). The van der Waals surface area contributed by atoms with Gasteiger partial charge in [0.25, 0.3) is 16.7 Å². The molecule has 1 fully saturated rings. The molecule has 8 heterocycles. The summed E-state index contributed by atoms with van der Waals surface area (Å²) >= 11 is 12.5. The average molecular weight is 1470 g/mol. The van der Waals surface area contributed by atoms with Gasteiger partial charge in [0.2, 0.25) is 0 Å². The molecule has 5 aromatic carbocycles. The van der Waals surface area contributed by atoms with E-state index in [-0.39, 0.29) is 78.3 Å². The maximum absolute atomic E-state index is 12.9. The molecule has 0 aliphatic carbocycles. The molecule has 0 atom stereocenters. The molecule has 12 aromatic rings. The van der Waals surface area contributed by atoms with Crippen molar-refractivity contribution in [3.8, 4) is 67.7 Å². The highest BCUT2D eigenvalue weighted by molar-refractivity contribution is 8.93. The van der Waals surface area contributed by atoms with Crippen molar-refractivity contribution in [3.05, 3.63) is 271 Å². The van der Waals surface area contributed by atoms with Crippen LogP contribution in [0.25, 0.3) is 50.4 Å². The molecule has 530 valence electrons. The standard InChI is InChI=1S/C23H22N4O2.C18H18ClN3O2.C16H14ClN3O2.C10H17BN2O2.C7H9N.2CH4.BrH/c1-16-10-19(28)8-9-22(16)27-15-20(18-13-25-26(2)14-18)21(11-23(27)29)24-12-17-6-4-3-5-7-17;1-4-24-14-5-6-17(12(2)7-14)22-11-15(16(19)8-18(22)23)13-9-20-21(3)10-13;1-10-5-12(21)3-4-15(10)20-9-13(14(17)6-16(20)22)11-7-18-19(2)8-11;1-9(2)10(3,4)15-11(14-9)8-6-12-13(5)7-8;8-6-7-4-2-1-3-5-7;;;/h3-11,13-15,24,28H,12H2,1-2H3;5-11H,4H2,1-3H3;3-9,21H,1-2H3;6-7H,1-5H3;1-5H,6,8H2;2*1H4;1H. The average Bonchev–Trinajstić information content (AvgIpc) is 1.69. The van der Waals surface area contributed by atoms with Crippen LogP contribution in [-0.4, -0.2) is 88.0 Å². The number of phenolic OH excluding ortho intramolecular Hbond substituents is 2. The first-order chi connectivity index (χ1) is 46.7. The van der Waals surface area contributed by atoms with Crippen LogP contribution in [0.4, 0.5) is 5.69 Å². The van der Waals surface area contributed by atoms with Crippen LogP contribution in [-0.2, 0) is 50.6 Å². The second kappa shape index (κ2) is 35.4. The molecule has 0 amide bonds. The topological polar surface area (TPSA) is 243 Å². The van der Waals surface area contributed by atoms with E-state index in [0.29, 0.717) is 35.4 Å². The van der Waals surface area contributed by atoms with Crippen LogP contribution >= 0.6 is 40.2 Å². The summed E-state index contributed by atoms with van der Waals surface area (Å²) in [5.74, 6) is 1.12. The van der Waals surface area contributed by atoms with Crippen LogP contribution < -0.4 is 37.9 Å². The Hall–Kier alpha value is -10.0. The Balaban J connectivity index is 0.000000206. The highest BCUT2D eigenvalue weighted by Gasteiger charge is 2.52. The number of aromatic hydroxyl groups is 2. The number of aryl methyl sites for hydroxylation is 7. The Morgan fingerprint density at radius 2 is 0.901 bits per heavy atom. The van der Waals surface area contributed by atoms with Gasteiger partial charge in [-0.1, -0.05) is 98.7 Å². The highest BCUT2D eigenvalue weighted by atomic mass is 79.9. The number of ether oxygens (including phenoxy) is 1. The normalized spacial score (nSPS) is 12.2. The molecule has 1 aliphatic heterocycles. The smallest absolute Gasteiger partial charge is 0.498 e. The summed E-state index contributed by atoms with van der Waals surface area (Å²) in [7, 11) is 7.10. The first kappa shape index (κ1) is 80.0. The molecule has 21 nitrogen and oxygen atoms in total. The lowest BCUT2D eigenvalue weighted by atomic mass is 9.82. The molecule has 0 unspecified atom stereocenters. The molecule has 101 heavy (non-hydrogen) atoms. The monoisotopic (exact) mass is 1470 g/mol. The SMILES string of the molecule is Br.C.C.CCOc1ccc(-n2cc(-c3cnn(C)c3)c(Cl)cc2=O)c(C)c1.Cc1cc(O)ccc1-n1cc(-c2cnn(C)c2)c(Cl)cc1=O.Cc1cc(O)ccc1-n1cc(-c2cnn(C)c2)c(NCc2ccccc2)cc1=O.Cn1cc(B2OC(C)(C)C(C)(C)O2)cn1.NCc1ccccc1. The van der Waals surface area contributed by atoms with Gasteiger partial charge in [-0.3, -0.25) is 46.8 Å². The molecular weight excluding hydrogens is 1380 g/mol. The highest BCUT2D eigenvalue weighted by Crippen LogP contribution is 2.37. The quantitative estimate of drug-likeness (QED) is 0.0785. The van der Waals surface area contributed by atoms with E-state index in [2.05, 4.69) is 25.7 Å². The first-order valence-electron chi connectivity index (χ1n) is 31.5. The number of hydrogen-bond donors (Lipinski definition) is 4. The van der Waals surface area contributed by atoms with Crippen LogP contribution in [0.5, 0.6) is 17.2 Å². The summed E-state index contributed by atoms with van der Waals surface area (Å²) in [6.45, 7) is 17.6. The minimum absolute atomic E-state index is 0. The van der Waals surface area contributed by atoms with Gasteiger partial charge in [0, 0.05) is 154 Å². The van der Waals surface area contributed by atoms with Crippen LogP contribution in [0.3, 0.4) is 0 Å². The molecule has 1 saturated heterocycles. The zero-order valence-corrected chi connectivity index (χ0v) is 60.5. The van der Waals surface area contributed by atoms with Crippen LogP contribution in [0.2, 0.25) is 10.0 Å². The Kier molecular flexibility index (Phi) is 28.0. The third kappa shape index (κ3) is 20.1. The Morgan fingerprint density at radius 1 is 0.515 bits per heavy atom. The van der Waals surface area contributed by atoms with Crippen molar-refractivity contribution < 1.29 is 24.3 Å². The number of rotatable bonds is 13. The fourth-order valence-corrected chi connectivity index (χ4v) is 11.0. The number of aromatic nitrogens is 11. The Labute approximate surface area is 610 Å². The molecule has 0 bridgehead atoms. The summed E-state index contributed by atoms with van der Waals surface area (Å²) in [6.07, 6.45) is 19.8. The first-order valence-corrected chi connectivity index (χ1v) is 32.2. The van der Waals surface area contributed by atoms with Crippen molar-refractivity contribution in [3.63, 3.8) is 0 Å². The lowest BCUT2D eigenvalue weighted by Crippen LogP contribution is -2.41. The summed E-state index contributed by atoms with van der Waals surface area (Å²) in [5, 5.41) is 40.1. The fourth-order valence-electron chi connectivity index (χ4n) is 10.5. The Bertz CT molecular complexity index is 4890. The van der Waals surface area contributed by atoms with E-state index in [4.69, 9.17) is 43.0 Å². The largest absolute Gasteiger partial charge is 0.508 e. The summed E-state index contributed by atoms with van der Waals surface area (Å²) in [5.41, 5.74) is 18.0. The van der Waals surface area contributed by atoms with E-state index in [9.17, 15) is 24.6 Å². The zero-order chi connectivity index (χ0) is 70.6. The molecule has 5 N–H and O–H groups in total. The number of nitrogens with zero attached hydrogens (tertiary/aromatic N) is 11. The third-order valence-electron chi connectivity index (χ3n) is 16.4. The van der Waals surface area contributed by atoms with Gasteiger partial charge >= 0.3 is 7.12 Å². The lowest BCUT2D eigenvalue weighted by Gasteiger charge is -2.32. The zero-order valence-electron chi connectivity index (χ0n) is 57.3. The van der Waals surface area contributed by atoms with E-state index in [0.717, 1.165) is 83.9 Å². The molecule has 0 saturated carbocycles. The predicted molar refractivity (Wildman–Crippen MR) is 412 cm³/mol. The summed E-state index contributed by atoms with van der Waals surface area (Å²) in [4.78, 5) is 37.6. The number of nitrogens with two attached hydrogens (primary N) is 1.